The van der Waals surface area contributed by atoms with E-state index in [0.29, 0.717) is 5.82 Å². The maximum Gasteiger partial charge on any atom is 0.228 e. The number of pyridine rings is 1. The minimum atomic E-state index is -0.0869. The van der Waals surface area contributed by atoms with Crippen LogP contribution in [0.5, 0.6) is 0 Å². The van der Waals surface area contributed by atoms with Gasteiger partial charge < -0.3 is 10.2 Å². The first-order chi connectivity index (χ1) is 12.0. The number of benzene rings is 2. The summed E-state index contributed by atoms with van der Waals surface area (Å²) in [6.45, 7) is 3.74. The molecule has 0 fully saturated rings. The number of nitrogens with zero attached hydrogens (tertiary/aromatic N) is 2. The maximum atomic E-state index is 12.1. The predicted molar refractivity (Wildman–Crippen MR) is 105 cm³/mol. The van der Waals surface area contributed by atoms with E-state index in [9.17, 15) is 4.79 Å². The number of rotatable bonds is 4. The molecular formula is C21H23N3O. The molecule has 4 heteroatoms. The normalized spacial score (nSPS) is 10.9. The van der Waals surface area contributed by atoms with Gasteiger partial charge in [-0.05, 0) is 23.6 Å². The minimum Gasteiger partial charge on any atom is -0.378 e. The summed E-state index contributed by atoms with van der Waals surface area (Å²) >= 11 is 0. The highest BCUT2D eigenvalue weighted by molar-refractivity contribution is 5.99. The molecule has 1 aromatic heterocycles. The van der Waals surface area contributed by atoms with Crippen LogP contribution in [0.25, 0.3) is 22.0 Å². The number of aromatic nitrogens is 1. The van der Waals surface area contributed by atoms with E-state index in [0.717, 1.165) is 27.7 Å². The van der Waals surface area contributed by atoms with Crippen LogP contribution < -0.4 is 10.2 Å². The van der Waals surface area contributed by atoms with Crippen molar-refractivity contribution in [2.24, 2.45) is 5.92 Å². The number of hydrogen-bond donors (Lipinski definition) is 1. The molecule has 0 spiro atoms. The third kappa shape index (κ3) is 3.63. The molecule has 0 radical (unpaired) electrons. The zero-order valence-corrected chi connectivity index (χ0v) is 15.1. The number of carbonyl (C=O) groups is 1. The van der Waals surface area contributed by atoms with Crippen molar-refractivity contribution in [3.63, 3.8) is 0 Å². The molecule has 0 atom stereocenters. The van der Waals surface area contributed by atoms with Crippen LogP contribution in [0, 0.1) is 5.92 Å². The van der Waals surface area contributed by atoms with Crippen molar-refractivity contribution in [3.05, 3.63) is 54.6 Å². The fourth-order valence-electron chi connectivity index (χ4n) is 2.67. The molecule has 0 aliphatic heterocycles. The summed E-state index contributed by atoms with van der Waals surface area (Å²) in [5.74, 6) is 0.469. The van der Waals surface area contributed by atoms with Crippen molar-refractivity contribution in [3.8, 4) is 11.3 Å². The highest BCUT2D eigenvalue weighted by Gasteiger charge is 2.12. The smallest absolute Gasteiger partial charge is 0.228 e. The lowest BCUT2D eigenvalue weighted by Gasteiger charge is -2.14. The fourth-order valence-corrected chi connectivity index (χ4v) is 2.67. The molecule has 0 aliphatic rings. The quantitative estimate of drug-likeness (QED) is 0.761. The van der Waals surface area contributed by atoms with Gasteiger partial charge in [0.25, 0.3) is 0 Å². The third-order valence-corrected chi connectivity index (χ3v) is 4.17. The van der Waals surface area contributed by atoms with Crippen LogP contribution in [0.3, 0.4) is 0 Å². The van der Waals surface area contributed by atoms with Crippen molar-refractivity contribution in [2.45, 2.75) is 13.8 Å². The lowest BCUT2D eigenvalue weighted by Crippen LogP contribution is -2.18. The molecule has 1 amide bonds. The SMILES string of the molecule is CC(C)C(=O)Nc1cc2ccccc2c(-c2ccc(N(C)C)cc2)n1. The van der Waals surface area contributed by atoms with Crippen LogP contribution >= 0.6 is 0 Å². The second kappa shape index (κ2) is 6.93. The molecule has 128 valence electrons. The third-order valence-electron chi connectivity index (χ3n) is 4.17. The summed E-state index contributed by atoms with van der Waals surface area (Å²) in [7, 11) is 4.04. The van der Waals surface area contributed by atoms with Crippen LogP contribution in [0.15, 0.2) is 54.6 Å². The Bertz CT molecular complexity index is 899. The molecule has 1 heterocycles. The monoisotopic (exact) mass is 333 g/mol. The highest BCUT2D eigenvalue weighted by Crippen LogP contribution is 2.30. The number of carbonyl (C=O) groups excluding carboxylic acids is 1. The van der Waals surface area contributed by atoms with Crippen molar-refractivity contribution in [1.82, 2.24) is 4.98 Å². The Labute approximate surface area is 148 Å². The van der Waals surface area contributed by atoms with E-state index in [4.69, 9.17) is 4.98 Å². The summed E-state index contributed by atoms with van der Waals surface area (Å²) in [5.41, 5.74) is 3.04. The number of nitrogens with one attached hydrogen (secondary N) is 1. The molecule has 0 aliphatic carbocycles. The van der Waals surface area contributed by atoms with Crippen molar-refractivity contribution < 1.29 is 4.79 Å². The lowest BCUT2D eigenvalue weighted by atomic mass is 10.0. The van der Waals surface area contributed by atoms with E-state index < -0.39 is 0 Å². The summed E-state index contributed by atoms with van der Waals surface area (Å²) in [4.78, 5) is 18.8. The molecule has 3 aromatic rings. The van der Waals surface area contributed by atoms with Crippen LogP contribution in [-0.2, 0) is 4.79 Å². The van der Waals surface area contributed by atoms with E-state index in [1.807, 2.05) is 52.2 Å². The Balaban J connectivity index is 2.10. The number of amides is 1. The second-order valence-electron chi connectivity index (χ2n) is 6.66. The average Bonchev–Trinajstić information content (AvgIpc) is 2.61. The van der Waals surface area contributed by atoms with Gasteiger partial charge in [-0.25, -0.2) is 4.98 Å². The van der Waals surface area contributed by atoms with E-state index in [1.54, 1.807) is 0 Å². The van der Waals surface area contributed by atoms with E-state index in [1.165, 1.54) is 0 Å². The van der Waals surface area contributed by atoms with Crippen molar-refractivity contribution in [2.75, 3.05) is 24.3 Å². The van der Waals surface area contributed by atoms with Crippen molar-refractivity contribution in [1.29, 1.82) is 0 Å². The van der Waals surface area contributed by atoms with Crippen LogP contribution in [-0.4, -0.2) is 25.0 Å². The standard InChI is InChI=1S/C21H23N3O/c1-14(2)21(25)23-19-13-16-7-5-6-8-18(16)20(22-19)15-9-11-17(12-10-15)24(3)4/h5-14H,1-4H3,(H,22,23,25). The molecular weight excluding hydrogens is 310 g/mol. The van der Waals surface area contributed by atoms with E-state index >= 15 is 0 Å². The van der Waals surface area contributed by atoms with Gasteiger partial charge in [0.05, 0.1) is 5.69 Å². The van der Waals surface area contributed by atoms with E-state index in [2.05, 4.69) is 40.5 Å². The van der Waals surface area contributed by atoms with Gasteiger partial charge in [0.15, 0.2) is 0 Å². The first kappa shape index (κ1) is 17.0. The zero-order valence-electron chi connectivity index (χ0n) is 15.1. The minimum absolute atomic E-state index is 0.0308. The summed E-state index contributed by atoms with van der Waals surface area (Å²) in [6, 6.07) is 18.3. The first-order valence-electron chi connectivity index (χ1n) is 8.44. The summed E-state index contributed by atoms with van der Waals surface area (Å²) in [5, 5.41) is 5.05. The molecule has 4 nitrogen and oxygen atoms in total. The Morgan fingerprint density at radius 2 is 1.72 bits per heavy atom. The van der Waals surface area contributed by atoms with Gasteiger partial charge in [0.2, 0.25) is 5.91 Å². The molecule has 0 unspecified atom stereocenters. The predicted octanol–water partition coefficient (Wildman–Crippen LogP) is 4.56. The van der Waals surface area contributed by atoms with Crippen LogP contribution in [0.4, 0.5) is 11.5 Å². The Kier molecular flexibility index (Phi) is 4.70. The van der Waals surface area contributed by atoms with Gasteiger partial charge in [-0.2, -0.15) is 0 Å². The topological polar surface area (TPSA) is 45.2 Å². The average molecular weight is 333 g/mol. The van der Waals surface area contributed by atoms with Gasteiger partial charge in [0.1, 0.15) is 5.82 Å². The summed E-state index contributed by atoms with van der Waals surface area (Å²) in [6.07, 6.45) is 0. The molecule has 2 aromatic carbocycles. The molecule has 0 bridgehead atoms. The van der Waals surface area contributed by atoms with E-state index in [-0.39, 0.29) is 11.8 Å². The number of fused-ring (bicyclic) bond motifs is 1. The Morgan fingerprint density at radius 1 is 1.04 bits per heavy atom. The molecule has 25 heavy (non-hydrogen) atoms. The molecule has 3 rings (SSSR count). The van der Waals surface area contributed by atoms with Gasteiger partial charge in [-0.3, -0.25) is 4.79 Å². The molecule has 0 saturated heterocycles. The fraction of sp³-hybridized carbons (Fsp3) is 0.238. The number of anilines is 2. The molecule has 0 saturated carbocycles. The van der Waals surface area contributed by atoms with Gasteiger partial charge >= 0.3 is 0 Å². The van der Waals surface area contributed by atoms with Crippen LogP contribution in [0.1, 0.15) is 13.8 Å². The first-order valence-corrected chi connectivity index (χ1v) is 8.44. The Morgan fingerprint density at radius 3 is 2.36 bits per heavy atom. The molecule has 1 N–H and O–H groups in total. The zero-order chi connectivity index (χ0) is 18.0. The second-order valence-corrected chi connectivity index (χ2v) is 6.66. The van der Waals surface area contributed by atoms with Gasteiger partial charge in [-0.1, -0.05) is 50.2 Å². The van der Waals surface area contributed by atoms with Gasteiger partial charge in [0, 0.05) is 36.7 Å². The lowest BCUT2D eigenvalue weighted by molar-refractivity contribution is -0.118. The van der Waals surface area contributed by atoms with Gasteiger partial charge in [-0.15, -0.1) is 0 Å². The highest BCUT2D eigenvalue weighted by atomic mass is 16.1. The largest absolute Gasteiger partial charge is 0.378 e. The maximum absolute atomic E-state index is 12.1. The Hall–Kier alpha value is -2.88. The number of hydrogen-bond acceptors (Lipinski definition) is 3. The van der Waals surface area contributed by atoms with Crippen LogP contribution in [0.2, 0.25) is 0 Å². The summed E-state index contributed by atoms with van der Waals surface area (Å²) < 4.78 is 0. The van der Waals surface area contributed by atoms with Crippen molar-refractivity contribution >= 4 is 28.2 Å².